The molecule has 1 aromatic carbocycles. The van der Waals surface area contributed by atoms with Crippen LogP contribution in [0.15, 0.2) is 48.8 Å². The van der Waals surface area contributed by atoms with Crippen LogP contribution in [-0.4, -0.2) is 71.6 Å². The molecule has 32 heavy (non-hydrogen) atoms. The lowest BCUT2D eigenvalue weighted by atomic mass is 10.1. The van der Waals surface area contributed by atoms with Crippen molar-refractivity contribution in [2.45, 2.75) is 44.8 Å². The van der Waals surface area contributed by atoms with Gasteiger partial charge >= 0.3 is 0 Å². The quantitative estimate of drug-likeness (QED) is 0.664. The van der Waals surface area contributed by atoms with Gasteiger partial charge in [-0.3, -0.25) is 14.6 Å². The Balaban J connectivity index is 1.27. The molecule has 1 atom stereocenters. The number of hydrogen-bond acceptors (Lipinski definition) is 5. The van der Waals surface area contributed by atoms with Gasteiger partial charge in [-0.15, -0.1) is 0 Å². The molecule has 2 amide bonds. The van der Waals surface area contributed by atoms with Crippen molar-refractivity contribution in [1.29, 1.82) is 0 Å². The zero-order valence-corrected chi connectivity index (χ0v) is 18.6. The number of pyridine rings is 1. The van der Waals surface area contributed by atoms with Crippen molar-refractivity contribution in [3.05, 3.63) is 59.9 Å². The highest BCUT2D eigenvalue weighted by molar-refractivity contribution is 5.94. The summed E-state index contributed by atoms with van der Waals surface area (Å²) in [5.41, 5.74) is 1.28. The Labute approximate surface area is 189 Å². The number of carbonyl (C=O) groups excluding carboxylic acids is 2. The van der Waals surface area contributed by atoms with E-state index >= 15 is 0 Å². The number of amides is 2. The number of carbonyl (C=O) groups is 2. The van der Waals surface area contributed by atoms with E-state index in [0.717, 1.165) is 38.0 Å². The summed E-state index contributed by atoms with van der Waals surface area (Å²) in [6.45, 7) is 5.40. The lowest BCUT2D eigenvalue weighted by Gasteiger charge is -2.32. The molecular weight excluding hydrogens is 406 g/mol. The highest BCUT2D eigenvalue weighted by atomic mass is 16.5. The summed E-state index contributed by atoms with van der Waals surface area (Å²) < 4.78 is 11.8. The number of likely N-dealkylation sites (N-methyl/N-ethyl adjacent to an activating group) is 1. The van der Waals surface area contributed by atoms with Gasteiger partial charge in [0.1, 0.15) is 11.9 Å². The molecule has 2 saturated heterocycles. The van der Waals surface area contributed by atoms with Crippen molar-refractivity contribution < 1.29 is 19.1 Å². The Morgan fingerprint density at radius 1 is 1.12 bits per heavy atom. The summed E-state index contributed by atoms with van der Waals surface area (Å²) in [5.74, 6) is 0.792. The van der Waals surface area contributed by atoms with Gasteiger partial charge in [0.2, 0.25) is 0 Å². The average Bonchev–Trinajstić information content (AvgIpc) is 3.36. The SMILES string of the molecule is CCN(C[C@H]1CCCO1)C(=O)c1ccc(OC2CCN(C(=O)c3cccnc3)CC2)cc1. The third kappa shape index (κ3) is 5.46. The van der Waals surface area contributed by atoms with Crippen LogP contribution in [0.5, 0.6) is 5.75 Å². The lowest BCUT2D eigenvalue weighted by Crippen LogP contribution is -2.41. The zero-order chi connectivity index (χ0) is 22.3. The summed E-state index contributed by atoms with van der Waals surface area (Å²) in [6, 6.07) is 11.0. The first-order valence-electron chi connectivity index (χ1n) is 11.5. The maximum absolute atomic E-state index is 12.9. The van der Waals surface area contributed by atoms with E-state index in [1.54, 1.807) is 24.5 Å². The molecule has 0 aliphatic carbocycles. The summed E-state index contributed by atoms with van der Waals surface area (Å²) >= 11 is 0. The normalized spacial score (nSPS) is 19.0. The molecule has 0 unspecified atom stereocenters. The van der Waals surface area contributed by atoms with Crippen LogP contribution >= 0.6 is 0 Å². The fourth-order valence-corrected chi connectivity index (χ4v) is 4.29. The van der Waals surface area contributed by atoms with Crippen LogP contribution in [0, 0.1) is 0 Å². The third-order valence-corrected chi connectivity index (χ3v) is 6.16. The number of likely N-dealkylation sites (tertiary alicyclic amines) is 1. The number of hydrogen-bond donors (Lipinski definition) is 0. The van der Waals surface area contributed by atoms with E-state index in [-0.39, 0.29) is 24.0 Å². The van der Waals surface area contributed by atoms with Crippen LogP contribution in [0.2, 0.25) is 0 Å². The van der Waals surface area contributed by atoms with Crippen molar-refractivity contribution in [3.8, 4) is 5.75 Å². The maximum Gasteiger partial charge on any atom is 0.255 e. The molecule has 0 saturated carbocycles. The van der Waals surface area contributed by atoms with Gasteiger partial charge in [-0.2, -0.15) is 0 Å². The zero-order valence-electron chi connectivity index (χ0n) is 18.6. The van der Waals surface area contributed by atoms with E-state index in [9.17, 15) is 9.59 Å². The van der Waals surface area contributed by atoms with Crippen LogP contribution in [-0.2, 0) is 4.74 Å². The Morgan fingerprint density at radius 2 is 1.91 bits per heavy atom. The van der Waals surface area contributed by atoms with E-state index in [4.69, 9.17) is 9.47 Å². The number of nitrogens with zero attached hydrogens (tertiary/aromatic N) is 3. The summed E-state index contributed by atoms with van der Waals surface area (Å²) in [5, 5.41) is 0. The summed E-state index contributed by atoms with van der Waals surface area (Å²) in [4.78, 5) is 33.2. The number of aromatic nitrogens is 1. The minimum Gasteiger partial charge on any atom is -0.490 e. The predicted molar refractivity (Wildman–Crippen MR) is 121 cm³/mol. The van der Waals surface area contributed by atoms with Crippen molar-refractivity contribution >= 4 is 11.8 Å². The third-order valence-electron chi connectivity index (χ3n) is 6.16. The molecule has 0 bridgehead atoms. The Kier molecular flexibility index (Phi) is 7.37. The monoisotopic (exact) mass is 437 g/mol. The highest BCUT2D eigenvalue weighted by Crippen LogP contribution is 2.22. The second-order valence-electron chi connectivity index (χ2n) is 8.35. The van der Waals surface area contributed by atoms with Gasteiger partial charge < -0.3 is 19.3 Å². The van der Waals surface area contributed by atoms with E-state index in [1.807, 2.05) is 41.0 Å². The van der Waals surface area contributed by atoms with Gasteiger partial charge in [-0.05, 0) is 56.2 Å². The van der Waals surface area contributed by atoms with Crippen molar-refractivity contribution in [2.75, 3.05) is 32.8 Å². The minimum atomic E-state index is 0.0166. The first-order chi connectivity index (χ1) is 15.6. The highest BCUT2D eigenvalue weighted by Gasteiger charge is 2.25. The second kappa shape index (κ2) is 10.6. The standard InChI is InChI=1S/C25H31N3O4/c1-2-27(18-23-6-4-16-31-23)24(29)19-7-9-21(10-8-19)32-22-11-14-28(15-12-22)25(30)20-5-3-13-26-17-20/h3,5,7-10,13,17,22-23H,2,4,6,11-12,14-16,18H2,1H3/t23-/m1/s1. The molecule has 3 heterocycles. The summed E-state index contributed by atoms with van der Waals surface area (Å²) in [6.07, 6.45) is 7.12. The Bertz CT molecular complexity index is 889. The van der Waals surface area contributed by atoms with Gasteiger partial charge in [0.15, 0.2) is 0 Å². The van der Waals surface area contributed by atoms with Gasteiger partial charge in [0, 0.05) is 63.6 Å². The van der Waals surface area contributed by atoms with E-state index in [0.29, 0.717) is 37.3 Å². The number of ether oxygens (including phenoxy) is 2. The molecule has 4 rings (SSSR count). The summed E-state index contributed by atoms with van der Waals surface area (Å²) in [7, 11) is 0. The molecule has 7 heteroatoms. The van der Waals surface area contributed by atoms with Crippen molar-refractivity contribution in [3.63, 3.8) is 0 Å². The van der Waals surface area contributed by atoms with Crippen LogP contribution in [0.3, 0.4) is 0 Å². The van der Waals surface area contributed by atoms with Crippen LogP contribution in [0.4, 0.5) is 0 Å². The topological polar surface area (TPSA) is 72.0 Å². The van der Waals surface area contributed by atoms with E-state index < -0.39 is 0 Å². The molecule has 2 aliphatic rings. The largest absolute Gasteiger partial charge is 0.490 e. The van der Waals surface area contributed by atoms with Gasteiger partial charge in [-0.1, -0.05) is 0 Å². The molecule has 0 radical (unpaired) electrons. The lowest BCUT2D eigenvalue weighted by molar-refractivity contribution is 0.0539. The second-order valence-corrected chi connectivity index (χ2v) is 8.35. The average molecular weight is 438 g/mol. The van der Waals surface area contributed by atoms with Gasteiger partial charge in [-0.25, -0.2) is 0 Å². The molecular formula is C25H31N3O4. The molecule has 170 valence electrons. The molecule has 7 nitrogen and oxygen atoms in total. The number of benzene rings is 1. The predicted octanol–water partition coefficient (Wildman–Crippen LogP) is 3.41. The molecule has 2 aromatic rings. The van der Waals surface area contributed by atoms with Crippen LogP contribution < -0.4 is 4.74 Å². The molecule has 2 aliphatic heterocycles. The molecule has 0 N–H and O–H groups in total. The molecule has 0 spiro atoms. The van der Waals surface area contributed by atoms with E-state index in [1.165, 1.54) is 0 Å². The van der Waals surface area contributed by atoms with Gasteiger partial charge in [0.05, 0.1) is 11.7 Å². The van der Waals surface area contributed by atoms with Crippen molar-refractivity contribution in [1.82, 2.24) is 14.8 Å². The van der Waals surface area contributed by atoms with Crippen LogP contribution in [0.25, 0.3) is 0 Å². The Morgan fingerprint density at radius 3 is 2.53 bits per heavy atom. The van der Waals surface area contributed by atoms with Crippen LogP contribution in [0.1, 0.15) is 53.3 Å². The van der Waals surface area contributed by atoms with Crippen molar-refractivity contribution in [2.24, 2.45) is 0 Å². The maximum atomic E-state index is 12.9. The minimum absolute atomic E-state index is 0.0166. The Hall–Kier alpha value is -2.93. The van der Waals surface area contributed by atoms with E-state index in [2.05, 4.69) is 4.98 Å². The fraction of sp³-hybridized carbons (Fsp3) is 0.480. The molecule has 1 aromatic heterocycles. The number of rotatable bonds is 7. The first kappa shape index (κ1) is 22.3. The first-order valence-corrected chi connectivity index (χ1v) is 11.5. The molecule has 2 fully saturated rings. The smallest absolute Gasteiger partial charge is 0.255 e. The number of piperidine rings is 1. The fourth-order valence-electron chi connectivity index (χ4n) is 4.29. The van der Waals surface area contributed by atoms with Gasteiger partial charge in [0.25, 0.3) is 11.8 Å².